The second kappa shape index (κ2) is 3.56. The number of nitrogens with two attached hydrogens (primary N) is 1. The maximum atomic E-state index is 5.91. The predicted molar refractivity (Wildman–Crippen MR) is 71.1 cm³/mol. The fraction of sp³-hybridized carbons (Fsp3) is 0.167. The Morgan fingerprint density at radius 3 is 2.82 bits per heavy atom. The highest BCUT2D eigenvalue weighted by Crippen LogP contribution is 2.30. The van der Waals surface area contributed by atoms with Crippen molar-refractivity contribution in [3.8, 4) is 10.7 Å². The summed E-state index contributed by atoms with van der Waals surface area (Å²) in [7, 11) is 0. The molecule has 0 aromatic carbocycles. The lowest BCUT2D eigenvalue weighted by atomic mass is 10.3. The van der Waals surface area contributed by atoms with Crippen molar-refractivity contribution in [3.63, 3.8) is 0 Å². The summed E-state index contributed by atoms with van der Waals surface area (Å²) in [6.07, 6.45) is 1.70. The van der Waals surface area contributed by atoms with Gasteiger partial charge in [-0.25, -0.2) is 9.97 Å². The Kier molecular flexibility index (Phi) is 2.16. The second-order valence-electron chi connectivity index (χ2n) is 4.01. The van der Waals surface area contributed by atoms with Gasteiger partial charge in [0, 0.05) is 22.1 Å². The SMILES string of the molecule is Cc1nc(-c2cc3c(N)ccnc3[nH]2)sc1C. The van der Waals surface area contributed by atoms with Crippen LogP contribution in [0.3, 0.4) is 0 Å². The number of aromatic amines is 1. The molecular formula is C12H12N4S. The third-order valence-electron chi connectivity index (χ3n) is 2.82. The normalized spacial score (nSPS) is 11.2. The standard InChI is InChI=1S/C12H12N4S/c1-6-7(2)17-12(15-6)10-5-8-9(13)3-4-14-11(8)16-10/h3-5H,1-2H3,(H3,13,14,16). The molecule has 3 heterocycles. The van der Waals surface area contributed by atoms with Crippen molar-refractivity contribution in [2.75, 3.05) is 5.73 Å². The molecule has 0 radical (unpaired) electrons. The van der Waals surface area contributed by atoms with Crippen LogP contribution < -0.4 is 5.73 Å². The molecule has 0 saturated heterocycles. The number of H-pyrrole nitrogens is 1. The molecule has 3 aromatic rings. The van der Waals surface area contributed by atoms with E-state index in [0.717, 1.165) is 33.1 Å². The summed E-state index contributed by atoms with van der Waals surface area (Å²) in [5.41, 5.74) is 9.51. The Morgan fingerprint density at radius 2 is 2.18 bits per heavy atom. The summed E-state index contributed by atoms with van der Waals surface area (Å²) in [5, 5.41) is 1.94. The fourth-order valence-electron chi connectivity index (χ4n) is 1.75. The van der Waals surface area contributed by atoms with Gasteiger partial charge in [-0.15, -0.1) is 11.3 Å². The second-order valence-corrected chi connectivity index (χ2v) is 5.21. The maximum Gasteiger partial charge on any atom is 0.140 e. The van der Waals surface area contributed by atoms with Crippen LogP contribution in [0.25, 0.3) is 21.7 Å². The molecule has 0 aliphatic heterocycles. The topological polar surface area (TPSA) is 67.6 Å². The molecular weight excluding hydrogens is 232 g/mol. The first-order chi connectivity index (χ1) is 8.15. The van der Waals surface area contributed by atoms with Crippen LogP contribution in [-0.4, -0.2) is 15.0 Å². The van der Waals surface area contributed by atoms with E-state index in [4.69, 9.17) is 5.73 Å². The lowest BCUT2D eigenvalue weighted by Crippen LogP contribution is -1.85. The highest BCUT2D eigenvalue weighted by Gasteiger charge is 2.10. The summed E-state index contributed by atoms with van der Waals surface area (Å²) in [6, 6.07) is 3.81. The summed E-state index contributed by atoms with van der Waals surface area (Å²) in [6.45, 7) is 4.09. The molecule has 0 atom stereocenters. The van der Waals surface area contributed by atoms with E-state index < -0.39 is 0 Å². The van der Waals surface area contributed by atoms with Crippen molar-refractivity contribution < 1.29 is 0 Å². The van der Waals surface area contributed by atoms with Crippen LogP contribution in [-0.2, 0) is 0 Å². The molecule has 3 aromatic heterocycles. The van der Waals surface area contributed by atoms with E-state index in [1.165, 1.54) is 4.88 Å². The zero-order chi connectivity index (χ0) is 12.0. The summed E-state index contributed by atoms with van der Waals surface area (Å²) in [4.78, 5) is 13.3. The van der Waals surface area contributed by atoms with Gasteiger partial charge in [0.1, 0.15) is 10.7 Å². The van der Waals surface area contributed by atoms with Gasteiger partial charge in [-0.05, 0) is 26.0 Å². The summed E-state index contributed by atoms with van der Waals surface area (Å²) < 4.78 is 0. The quantitative estimate of drug-likeness (QED) is 0.691. The van der Waals surface area contributed by atoms with Crippen LogP contribution in [0.4, 0.5) is 5.69 Å². The monoisotopic (exact) mass is 244 g/mol. The lowest BCUT2D eigenvalue weighted by molar-refractivity contribution is 1.22. The van der Waals surface area contributed by atoms with E-state index in [-0.39, 0.29) is 0 Å². The van der Waals surface area contributed by atoms with Crippen molar-refractivity contribution in [1.29, 1.82) is 0 Å². The molecule has 0 amide bonds. The number of fused-ring (bicyclic) bond motifs is 1. The zero-order valence-corrected chi connectivity index (χ0v) is 10.4. The minimum Gasteiger partial charge on any atom is -0.398 e. The van der Waals surface area contributed by atoms with Gasteiger partial charge >= 0.3 is 0 Å². The van der Waals surface area contributed by atoms with Crippen molar-refractivity contribution >= 4 is 28.1 Å². The molecule has 0 aliphatic rings. The minimum absolute atomic E-state index is 0.738. The first-order valence-electron chi connectivity index (χ1n) is 5.33. The van der Waals surface area contributed by atoms with E-state index in [9.17, 15) is 0 Å². The number of anilines is 1. The highest BCUT2D eigenvalue weighted by atomic mass is 32.1. The number of nitrogens with one attached hydrogen (secondary N) is 1. The molecule has 0 spiro atoms. The van der Waals surface area contributed by atoms with E-state index in [1.54, 1.807) is 23.6 Å². The molecule has 0 saturated carbocycles. The fourth-order valence-corrected chi connectivity index (χ4v) is 2.64. The molecule has 5 heteroatoms. The van der Waals surface area contributed by atoms with Crippen LogP contribution in [0, 0.1) is 13.8 Å². The highest BCUT2D eigenvalue weighted by molar-refractivity contribution is 7.15. The Labute approximate surface area is 103 Å². The van der Waals surface area contributed by atoms with E-state index in [2.05, 4.69) is 21.9 Å². The number of pyridine rings is 1. The Morgan fingerprint density at radius 1 is 1.35 bits per heavy atom. The smallest absolute Gasteiger partial charge is 0.140 e. The van der Waals surface area contributed by atoms with Crippen molar-refractivity contribution in [3.05, 3.63) is 28.9 Å². The van der Waals surface area contributed by atoms with E-state index in [0.29, 0.717) is 0 Å². The Bertz CT molecular complexity index is 676. The van der Waals surface area contributed by atoms with Gasteiger partial charge in [-0.2, -0.15) is 0 Å². The molecule has 0 bridgehead atoms. The molecule has 4 nitrogen and oxygen atoms in total. The third-order valence-corrected chi connectivity index (χ3v) is 3.93. The summed E-state index contributed by atoms with van der Waals surface area (Å²) >= 11 is 1.68. The molecule has 17 heavy (non-hydrogen) atoms. The number of hydrogen-bond donors (Lipinski definition) is 2. The van der Waals surface area contributed by atoms with Gasteiger partial charge in [-0.1, -0.05) is 0 Å². The number of aryl methyl sites for hydroxylation is 2. The average molecular weight is 244 g/mol. The van der Waals surface area contributed by atoms with Crippen LogP contribution in [0.2, 0.25) is 0 Å². The number of thiazole rings is 1. The number of aromatic nitrogens is 3. The molecule has 0 aliphatic carbocycles. The van der Waals surface area contributed by atoms with Crippen LogP contribution in [0.5, 0.6) is 0 Å². The zero-order valence-electron chi connectivity index (χ0n) is 9.61. The largest absolute Gasteiger partial charge is 0.398 e. The van der Waals surface area contributed by atoms with Crippen molar-refractivity contribution in [2.24, 2.45) is 0 Å². The Hall–Kier alpha value is -1.88. The maximum absolute atomic E-state index is 5.91. The Balaban J connectivity index is 2.21. The van der Waals surface area contributed by atoms with Gasteiger partial charge in [0.05, 0.1) is 11.4 Å². The summed E-state index contributed by atoms with van der Waals surface area (Å²) in [5.74, 6) is 0. The van der Waals surface area contributed by atoms with Gasteiger partial charge in [0.2, 0.25) is 0 Å². The molecule has 3 N–H and O–H groups in total. The predicted octanol–water partition coefficient (Wildman–Crippen LogP) is 2.89. The van der Waals surface area contributed by atoms with E-state index >= 15 is 0 Å². The first kappa shape index (κ1) is 10.3. The van der Waals surface area contributed by atoms with Crippen LogP contribution in [0.15, 0.2) is 18.3 Å². The molecule has 3 rings (SSSR count). The van der Waals surface area contributed by atoms with Gasteiger partial charge < -0.3 is 10.7 Å². The average Bonchev–Trinajstić information content (AvgIpc) is 2.85. The van der Waals surface area contributed by atoms with Crippen molar-refractivity contribution in [2.45, 2.75) is 13.8 Å². The molecule has 86 valence electrons. The molecule has 0 unspecified atom stereocenters. The first-order valence-corrected chi connectivity index (χ1v) is 6.14. The molecule has 0 fully saturated rings. The number of nitrogen functional groups attached to an aromatic ring is 1. The van der Waals surface area contributed by atoms with Gasteiger partial charge in [0.15, 0.2) is 0 Å². The minimum atomic E-state index is 0.738. The lowest BCUT2D eigenvalue weighted by Gasteiger charge is -1.91. The number of nitrogens with zero attached hydrogens (tertiary/aromatic N) is 2. The number of rotatable bonds is 1. The van der Waals surface area contributed by atoms with Crippen LogP contribution in [0.1, 0.15) is 10.6 Å². The number of hydrogen-bond acceptors (Lipinski definition) is 4. The van der Waals surface area contributed by atoms with Gasteiger partial charge in [0.25, 0.3) is 0 Å². The third kappa shape index (κ3) is 1.59. The van der Waals surface area contributed by atoms with Crippen molar-refractivity contribution in [1.82, 2.24) is 15.0 Å². The van der Waals surface area contributed by atoms with Gasteiger partial charge in [-0.3, -0.25) is 0 Å². The van der Waals surface area contributed by atoms with Crippen LogP contribution >= 0.6 is 11.3 Å². The van der Waals surface area contributed by atoms with E-state index in [1.807, 2.05) is 13.0 Å².